The Morgan fingerprint density at radius 2 is 1.93 bits per heavy atom. The molecule has 164 valence electrons. The molecule has 0 spiro atoms. The van der Waals surface area contributed by atoms with Gasteiger partial charge in [0.2, 0.25) is 5.91 Å². The monoisotopic (exact) mass is 417 g/mol. The van der Waals surface area contributed by atoms with Gasteiger partial charge in [-0.05, 0) is 37.1 Å². The molecule has 29 heavy (non-hydrogen) atoms. The number of aliphatic hydroxyl groups is 1. The van der Waals surface area contributed by atoms with Crippen LogP contribution in [0.15, 0.2) is 24.3 Å². The van der Waals surface area contributed by atoms with E-state index in [1.165, 1.54) is 11.0 Å². The van der Waals surface area contributed by atoms with Crippen LogP contribution in [0.25, 0.3) is 0 Å². The maximum atomic E-state index is 12.8. The van der Waals surface area contributed by atoms with Crippen molar-refractivity contribution < 1.29 is 27.9 Å². The third-order valence-corrected chi connectivity index (χ3v) is 4.11. The standard InChI is InChI=1S/C20H30F3N3O3/c1-4-6-17(27)12-26(13-24-10-14(2)3)18(28)11-25-19(29)15-7-5-8-16(9-15)20(21,22)23/h5,7-9,14,17,24,27H,4,6,10-13H2,1-3H3,(H,25,29). The first-order valence-corrected chi connectivity index (χ1v) is 9.66. The maximum Gasteiger partial charge on any atom is 0.416 e. The van der Waals surface area contributed by atoms with Crippen molar-refractivity contribution in [2.45, 2.75) is 45.9 Å². The second kappa shape index (κ2) is 11.8. The molecule has 0 bridgehead atoms. The van der Waals surface area contributed by atoms with Crippen LogP contribution in [-0.4, -0.2) is 54.2 Å². The Hall–Kier alpha value is -2.13. The maximum absolute atomic E-state index is 12.8. The highest BCUT2D eigenvalue weighted by Gasteiger charge is 2.31. The third-order valence-electron chi connectivity index (χ3n) is 4.11. The smallest absolute Gasteiger partial charge is 0.391 e. The van der Waals surface area contributed by atoms with Gasteiger partial charge in [0.1, 0.15) is 0 Å². The average molecular weight is 417 g/mol. The Kier molecular flexibility index (Phi) is 10.1. The van der Waals surface area contributed by atoms with E-state index in [0.29, 0.717) is 18.9 Å². The summed E-state index contributed by atoms with van der Waals surface area (Å²) in [5.41, 5.74) is -1.11. The molecule has 6 nitrogen and oxygen atoms in total. The van der Waals surface area contributed by atoms with Crippen LogP contribution in [0.1, 0.15) is 49.5 Å². The number of benzene rings is 1. The summed E-state index contributed by atoms with van der Waals surface area (Å²) in [5.74, 6) is -0.835. The Morgan fingerprint density at radius 3 is 2.52 bits per heavy atom. The van der Waals surface area contributed by atoms with Crippen molar-refractivity contribution in [3.8, 4) is 0 Å². The normalized spacial score (nSPS) is 12.7. The Bertz CT molecular complexity index is 666. The number of carbonyl (C=O) groups excluding carboxylic acids is 2. The van der Waals surface area contributed by atoms with Gasteiger partial charge in [0.05, 0.1) is 24.9 Å². The lowest BCUT2D eigenvalue weighted by Crippen LogP contribution is -2.47. The molecule has 2 amide bonds. The second-order valence-corrected chi connectivity index (χ2v) is 7.33. The van der Waals surface area contributed by atoms with Gasteiger partial charge in [-0.25, -0.2) is 0 Å². The summed E-state index contributed by atoms with van der Waals surface area (Å²) in [5, 5.41) is 15.5. The Labute approximate surface area is 169 Å². The zero-order valence-corrected chi connectivity index (χ0v) is 17.1. The molecule has 0 saturated carbocycles. The molecular formula is C20H30F3N3O3. The fraction of sp³-hybridized carbons (Fsp3) is 0.600. The summed E-state index contributed by atoms with van der Waals surface area (Å²) >= 11 is 0. The van der Waals surface area contributed by atoms with Crippen LogP contribution in [0, 0.1) is 5.92 Å². The van der Waals surface area contributed by atoms with Crippen LogP contribution < -0.4 is 10.6 Å². The molecule has 1 aromatic rings. The number of nitrogens with one attached hydrogen (secondary N) is 2. The highest BCUT2D eigenvalue weighted by Crippen LogP contribution is 2.29. The van der Waals surface area contributed by atoms with Crippen molar-refractivity contribution in [2.75, 3.05) is 26.3 Å². The van der Waals surface area contributed by atoms with Gasteiger partial charge in [0.25, 0.3) is 5.91 Å². The molecule has 0 saturated heterocycles. The molecule has 9 heteroatoms. The molecule has 0 heterocycles. The van der Waals surface area contributed by atoms with Crippen LogP contribution >= 0.6 is 0 Å². The topological polar surface area (TPSA) is 81.7 Å². The summed E-state index contributed by atoms with van der Waals surface area (Å²) in [4.78, 5) is 26.1. The fourth-order valence-corrected chi connectivity index (χ4v) is 2.63. The number of hydrogen-bond donors (Lipinski definition) is 3. The van der Waals surface area contributed by atoms with Crippen LogP contribution in [0.5, 0.6) is 0 Å². The van der Waals surface area contributed by atoms with E-state index in [2.05, 4.69) is 10.6 Å². The second-order valence-electron chi connectivity index (χ2n) is 7.33. The molecule has 1 aromatic carbocycles. The van der Waals surface area contributed by atoms with Crippen molar-refractivity contribution in [3.63, 3.8) is 0 Å². The summed E-state index contributed by atoms with van der Waals surface area (Å²) in [6, 6.07) is 4.01. The van der Waals surface area contributed by atoms with Gasteiger partial charge in [0, 0.05) is 12.1 Å². The molecule has 1 unspecified atom stereocenters. The number of aliphatic hydroxyl groups excluding tert-OH is 1. The molecule has 0 fully saturated rings. The predicted molar refractivity (Wildman–Crippen MR) is 104 cm³/mol. The fourth-order valence-electron chi connectivity index (χ4n) is 2.63. The van der Waals surface area contributed by atoms with E-state index in [-0.39, 0.29) is 25.3 Å². The first-order valence-electron chi connectivity index (χ1n) is 9.66. The molecule has 0 aliphatic carbocycles. The molecule has 0 aliphatic heterocycles. The van der Waals surface area contributed by atoms with Crippen molar-refractivity contribution in [1.29, 1.82) is 0 Å². The Morgan fingerprint density at radius 1 is 1.24 bits per heavy atom. The SMILES string of the molecule is CCCC(O)CN(CNCC(C)C)C(=O)CNC(=O)c1cccc(C(F)(F)F)c1. The van der Waals surface area contributed by atoms with Crippen molar-refractivity contribution >= 4 is 11.8 Å². The minimum absolute atomic E-state index is 0.108. The molecule has 0 radical (unpaired) electrons. The van der Waals surface area contributed by atoms with Crippen molar-refractivity contribution in [2.24, 2.45) is 5.92 Å². The van der Waals surface area contributed by atoms with Gasteiger partial charge >= 0.3 is 6.18 Å². The molecular weight excluding hydrogens is 387 g/mol. The number of halogens is 3. The number of hydrogen-bond acceptors (Lipinski definition) is 4. The molecule has 1 rings (SSSR count). The molecule has 0 aliphatic rings. The van der Waals surface area contributed by atoms with Crippen molar-refractivity contribution in [3.05, 3.63) is 35.4 Å². The molecule has 0 aromatic heterocycles. The van der Waals surface area contributed by atoms with E-state index in [9.17, 15) is 27.9 Å². The largest absolute Gasteiger partial charge is 0.416 e. The number of nitrogens with zero attached hydrogens (tertiary/aromatic N) is 1. The van der Waals surface area contributed by atoms with Crippen LogP contribution in [0.2, 0.25) is 0 Å². The number of amides is 2. The number of carbonyl (C=O) groups is 2. The highest BCUT2D eigenvalue weighted by atomic mass is 19.4. The van der Waals surface area contributed by atoms with Crippen LogP contribution in [-0.2, 0) is 11.0 Å². The Balaban J connectivity index is 2.71. The minimum atomic E-state index is -4.56. The lowest BCUT2D eigenvalue weighted by molar-refractivity contribution is -0.137. The lowest BCUT2D eigenvalue weighted by Gasteiger charge is -2.26. The zero-order chi connectivity index (χ0) is 22.0. The van der Waals surface area contributed by atoms with Crippen LogP contribution in [0.3, 0.4) is 0 Å². The van der Waals surface area contributed by atoms with Gasteiger partial charge in [0.15, 0.2) is 0 Å². The van der Waals surface area contributed by atoms with Gasteiger partial charge in [-0.15, -0.1) is 0 Å². The summed E-state index contributed by atoms with van der Waals surface area (Å²) in [6.45, 7) is 6.55. The van der Waals surface area contributed by atoms with Gasteiger partial charge in [-0.3, -0.25) is 14.9 Å². The first-order chi connectivity index (χ1) is 13.5. The van der Waals surface area contributed by atoms with Crippen LogP contribution in [0.4, 0.5) is 13.2 Å². The first kappa shape index (κ1) is 24.9. The average Bonchev–Trinajstić information content (AvgIpc) is 2.64. The van der Waals surface area contributed by atoms with E-state index in [1.807, 2.05) is 20.8 Å². The van der Waals surface area contributed by atoms with Crippen molar-refractivity contribution in [1.82, 2.24) is 15.5 Å². The van der Waals surface area contributed by atoms with E-state index in [0.717, 1.165) is 24.6 Å². The summed E-state index contributed by atoms with van der Waals surface area (Å²) in [6.07, 6.45) is -3.95. The number of rotatable bonds is 11. The van der Waals surface area contributed by atoms with Gasteiger partial charge in [-0.1, -0.05) is 33.3 Å². The van der Waals surface area contributed by atoms with Gasteiger partial charge in [-0.2, -0.15) is 13.2 Å². The zero-order valence-electron chi connectivity index (χ0n) is 17.1. The minimum Gasteiger partial charge on any atom is -0.391 e. The quantitative estimate of drug-likeness (QED) is 0.484. The number of alkyl halides is 3. The van der Waals surface area contributed by atoms with E-state index < -0.39 is 29.7 Å². The highest BCUT2D eigenvalue weighted by molar-refractivity contribution is 5.96. The predicted octanol–water partition coefficient (Wildman–Crippen LogP) is 2.63. The third kappa shape index (κ3) is 9.27. The summed E-state index contributed by atoms with van der Waals surface area (Å²) < 4.78 is 38.4. The van der Waals surface area contributed by atoms with Gasteiger partial charge < -0.3 is 15.3 Å². The molecule has 1 atom stereocenters. The van der Waals surface area contributed by atoms with E-state index in [4.69, 9.17) is 0 Å². The lowest BCUT2D eigenvalue weighted by atomic mass is 10.1. The van der Waals surface area contributed by atoms with E-state index >= 15 is 0 Å². The van der Waals surface area contributed by atoms with E-state index in [1.54, 1.807) is 0 Å². The summed E-state index contributed by atoms with van der Waals surface area (Å²) in [7, 11) is 0. The molecule has 3 N–H and O–H groups in total.